The molecule has 0 bridgehead atoms. The second-order valence-electron chi connectivity index (χ2n) is 6.30. The van der Waals surface area contributed by atoms with Crippen LogP contribution in [0.25, 0.3) is 0 Å². The highest BCUT2D eigenvalue weighted by Crippen LogP contribution is 2.32. The summed E-state index contributed by atoms with van der Waals surface area (Å²) in [5.41, 5.74) is -1.01. The summed E-state index contributed by atoms with van der Waals surface area (Å²) < 4.78 is 44.6. The van der Waals surface area contributed by atoms with Crippen LogP contribution in [0.3, 0.4) is 0 Å². The molecule has 2 heterocycles. The molecule has 0 saturated carbocycles. The van der Waals surface area contributed by atoms with Crippen LogP contribution in [0.5, 0.6) is 5.88 Å². The Balaban J connectivity index is 1.97. The summed E-state index contributed by atoms with van der Waals surface area (Å²) in [5.74, 6) is 5.20. The van der Waals surface area contributed by atoms with Gasteiger partial charge in [0.15, 0.2) is 5.78 Å². The molecule has 0 spiro atoms. The zero-order valence-electron chi connectivity index (χ0n) is 13.6. The number of Topliss-reactive ketones (excluding diaryl/α,β-unsaturated/α-hetero) is 1. The number of pyridine rings is 1. The van der Waals surface area contributed by atoms with Gasteiger partial charge in [0.25, 0.3) is 0 Å². The number of benzene rings is 1. The van der Waals surface area contributed by atoms with Crippen molar-refractivity contribution < 1.29 is 22.7 Å². The number of carbonyl (C=O) groups excluding carboxylic acids is 1. The molecular weight excluding hydrogens is 331 g/mol. The first-order chi connectivity index (χ1) is 11.7. The first-order valence-corrected chi connectivity index (χ1v) is 7.57. The molecule has 0 aliphatic carbocycles. The van der Waals surface area contributed by atoms with Crippen molar-refractivity contribution in [3.63, 3.8) is 0 Å². The standard InChI is InChI=1S/C19H14F3NO2/c1-18(2)11-16(24)14-10-9-13(23-17(14)25-18)8-7-12-5-3-4-6-15(12)19(20,21)22/h3-6,9-10H,11H2,1-2H3. The molecule has 0 unspecified atom stereocenters. The summed E-state index contributed by atoms with van der Waals surface area (Å²) in [6.45, 7) is 3.54. The fraction of sp³-hybridized carbons (Fsp3) is 0.263. The van der Waals surface area contributed by atoms with Crippen LogP contribution >= 0.6 is 0 Å². The van der Waals surface area contributed by atoms with Crippen LogP contribution in [0.1, 0.15) is 47.4 Å². The van der Waals surface area contributed by atoms with Crippen LogP contribution < -0.4 is 4.74 Å². The molecule has 25 heavy (non-hydrogen) atoms. The monoisotopic (exact) mass is 345 g/mol. The predicted molar refractivity (Wildman–Crippen MR) is 85.3 cm³/mol. The summed E-state index contributed by atoms with van der Waals surface area (Å²) in [4.78, 5) is 16.2. The Morgan fingerprint density at radius 1 is 1.12 bits per heavy atom. The van der Waals surface area contributed by atoms with Gasteiger partial charge >= 0.3 is 6.18 Å². The molecule has 0 fully saturated rings. The van der Waals surface area contributed by atoms with Crippen molar-refractivity contribution in [1.82, 2.24) is 4.98 Å². The van der Waals surface area contributed by atoms with E-state index in [1.807, 2.05) is 0 Å². The molecule has 1 aliphatic heterocycles. The Morgan fingerprint density at radius 3 is 2.56 bits per heavy atom. The molecule has 1 aromatic carbocycles. The third kappa shape index (κ3) is 3.66. The van der Waals surface area contributed by atoms with E-state index in [9.17, 15) is 18.0 Å². The second kappa shape index (κ2) is 5.92. The molecule has 3 nitrogen and oxygen atoms in total. The lowest BCUT2D eigenvalue weighted by molar-refractivity contribution is -0.137. The van der Waals surface area contributed by atoms with Gasteiger partial charge in [-0.3, -0.25) is 4.79 Å². The maximum Gasteiger partial charge on any atom is 0.417 e. The van der Waals surface area contributed by atoms with Crippen molar-refractivity contribution >= 4 is 5.78 Å². The predicted octanol–water partition coefficient (Wildman–Crippen LogP) is 4.24. The van der Waals surface area contributed by atoms with Crippen molar-refractivity contribution in [3.8, 4) is 17.7 Å². The van der Waals surface area contributed by atoms with E-state index in [2.05, 4.69) is 16.8 Å². The summed E-state index contributed by atoms with van der Waals surface area (Å²) in [6.07, 6.45) is -4.24. The molecule has 0 N–H and O–H groups in total. The molecule has 3 rings (SSSR count). The van der Waals surface area contributed by atoms with Crippen LogP contribution in [0, 0.1) is 11.8 Å². The zero-order valence-corrected chi connectivity index (χ0v) is 13.6. The van der Waals surface area contributed by atoms with Crippen LogP contribution in [0.15, 0.2) is 36.4 Å². The van der Waals surface area contributed by atoms with E-state index < -0.39 is 17.3 Å². The number of nitrogens with zero attached hydrogens (tertiary/aromatic N) is 1. The van der Waals surface area contributed by atoms with E-state index >= 15 is 0 Å². The normalized spacial score (nSPS) is 15.6. The second-order valence-corrected chi connectivity index (χ2v) is 6.30. The topological polar surface area (TPSA) is 39.2 Å². The number of carbonyl (C=O) groups is 1. The van der Waals surface area contributed by atoms with Crippen molar-refractivity contribution in [1.29, 1.82) is 0 Å². The van der Waals surface area contributed by atoms with Gasteiger partial charge in [0.1, 0.15) is 11.3 Å². The lowest BCUT2D eigenvalue weighted by Gasteiger charge is -2.30. The van der Waals surface area contributed by atoms with Gasteiger partial charge in [0.2, 0.25) is 5.88 Å². The minimum atomic E-state index is -4.48. The average molecular weight is 345 g/mol. The molecule has 6 heteroatoms. The third-order valence-corrected chi connectivity index (χ3v) is 3.68. The fourth-order valence-corrected chi connectivity index (χ4v) is 2.55. The Kier molecular flexibility index (Phi) is 4.03. The number of ketones is 1. The van der Waals surface area contributed by atoms with Crippen molar-refractivity contribution in [2.75, 3.05) is 0 Å². The van der Waals surface area contributed by atoms with Gasteiger partial charge in [-0.25, -0.2) is 4.98 Å². The van der Waals surface area contributed by atoms with Gasteiger partial charge in [0, 0.05) is 5.56 Å². The largest absolute Gasteiger partial charge is 0.471 e. The van der Waals surface area contributed by atoms with Crippen LogP contribution in [0.2, 0.25) is 0 Å². The van der Waals surface area contributed by atoms with Gasteiger partial charge < -0.3 is 4.74 Å². The van der Waals surface area contributed by atoms with Crippen LogP contribution in [-0.4, -0.2) is 16.4 Å². The zero-order chi connectivity index (χ0) is 18.2. The first-order valence-electron chi connectivity index (χ1n) is 7.57. The van der Waals surface area contributed by atoms with Gasteiger partial charge in [-0.15, -0.1) is 0 Å². The minimum Gasteiger partial charge on any atom is -0.471 e. The summed E-state index contributed by atoms with van der Waals surface area (Å²) >= 11 is 0. The molecule has 1 aromatic heterocycles. The lowest BCUT2D eigenvalue weighted by atomic mass is 9.94. The summed E-state index contributed by atoms with van der Waals surface area (Å²) in [5, 5.41) is 0. The van der Waals surface area contributed by atoms with E-state index in [0.29, 0.717) is 5.56 Å². The van der Waals surface area contributed by atoms with E-state index in [1.54, 1.807) is 19.9 Å². The highest BCUT2D eigenvalue weighted by atomic mass is 19.4. The van der Waals surface area contributed by atoms with Gasteiger partial charge in [-0.2, -0.15) is 13.2 Å². The molecule has 0 atom stereocenters. The molecule has 0 saturated heterocycles. The van der Waals surface area contributed by atoms with Gasteiger partial charge in [-0.1, -0.05) is 18.1 Å². The smallest absolute Gasteiger partial charge is 0.417 e. The fourth-order valence-electron chi connectivity index (χ4n) is 2.55. The number of fused-ring (bicyclic) bond motifs is 1. The first kappa shape index (κ1) is 17.0. The van der Waals surface area contributed by atoms with Crippen molar-refractivity contribution in [2.45, 2.75) is 32.0 Å². The van der Waals surface area contributed by atoms with Crippen LogP contribution in [0.4, 0.5) is 13.2 Å². The molecule has 0 radical (unpaired) electrons. The maximum atomic E-state index is 13.0. The lowest BCUT2D eigenvalue weighted by Crippen LogP contribution is -2.36. The van der Waals surface area contributed by atoms with Gasteiger partial charge in [0.05, 0.1) is 17.5 Å². The Hall–Kier alpha value is -2.81. The number of alkyl halides is 3. The number of hydrogen-bond acceptors (Lipinski definition) is 3. The molecule has 2 aromatic rings. The number of ether oxygens (including phenoxy) is 1. The number of hydrogen-bond donors (Lipinski definition) is 0. The van der Waals surface area contributed by atoms with E-state index in [4.69, 9.17) is 4.74 Å². The quantitative estimate of drug-likeness (QED) is 0.670. The van der Waals surface area contributed by atoms with E-state index in [1.165, 1.54) is 24.3 Å². The Labute approximate surface area is 142 Å². The van der Waals surface area contributed by atoms with Crippen molar-refractivity contribution in [3.05, 3.63) is 58.8 Å². The highest BCUT2D eigenvalue weighted by Gasteiger charge is 2.34. The average Bonchev–Trinajstić information content (AvgIpc) is 2.50. The summed E-state index contributed by atoms with van der Waals surface area (Å²) in [6, 6.07) is 8.13. The van der Waals surface area contributed by atoms with E-state index in [0.717, 1.165) is 6.07 Å². The van der Waals surface area contributed by atoms with Crippen LogP contribution in [-0.2, 0) is 6.18 Å². The molecular formula is C19H14F3NO2. The van der Waals surface area contributed by atoms with Gasteiger partial charge in [-0.05, 0) is 44.0 Å². The SMILES string of the molecule is CC1(C)CC(=O)c2ccc(C#Cc3ccccc3C(F)(F)F)nc2O1. The van der Waals surface area contributed by atoms with Crippen molar-refractivity contribution in [2.24, 2.45) is 0 Å². The number of rotatable bonds is 0. The minimum absolute atomic E-state index is 0.0827. The molecule has 1 aliphatic rings. The third-order valence-electron chi connectivity index (χ3n) is 3.68. The molecule has 128 valence electrons. The Bertz CT molecular complexity index is 905. The maximum absolute atomic E-state index is 13.0. The number of halogens is 3. The van der Waals surface area contributed by atoms with E-state index in [-0.39, 0.29) is 29.3 Å². The summed E-state index contributed by atoms with van der Waals surface area (Å²) in [7, 11) is 0. The number of aromatic nitrogens is 1. The highest BCUT2D eigenvalue weighted by molar-refractivity contribution is 5.99. The molecule has 0 amide bonds. The Morgan fingerprint density at radius 2 is 1.84 bits per heavy atom.